The number of aryl methyl sites for hydroxylation is 3. The molecule has 0 aliphatic carbocycles. The molecule has 0 fully saturated rings. The average Bonchev–Trinajstić information content (AvgIpc) is 3.27. The average molecular weight is 470 g/mol. The molecule has 0 aliphatic rings. The minimum atomic E-state index is -0.184. The van der Waals surface area contributed by atoms with Gasteiger partial charge in [-0.15, -0.1) is 0 Å². The van der Waals surface area contributed by atoms with Crippen LogP contribution in [-0.2, 0) is 4.79 Å². The number of carbonyl (C=O) groups is 1. The van der Waals surface area contributed by atoms with Gasteiger partial charge >= 0.3 is 0 Å². The molecular formula is C30H31NO4. The van der Waals surface area contributed by atoms with Crippen molar-refractivity contribution in [2.24, 2.45) is 0 Å². The van der Waals surface area contributed by atoms with E-state index in [2.05, 4.69) is 5.32 Å². The van der Waals surface area contributed by atoms with Crippen molar-refractivity contribution in [1.29, 1.82) is 0 Å². The summed E-state index contributed by atoms with van der Waals surface area (Å²) in [5.41, 5.74) is 8.20. The minimum Gasteiger partial charge on any atom is -0.497 e. The molecule has 0 unspecified atom stereocenters. The molecule has 35 heavy (non-hydrogen) atoms. The molecule has 0 atom stereocenters. The van der Waals surface area contributed by atoms with Crippen LogP contribution < -0.4 is 14.8 Å². The molecule has 180 valence electrons. The Morgan fingerprint density at radius 3 is 2.63 bits per heavy atom. The largest absolute Gasteiger partial charge is 0.497 e. The Labute approximate surface area is 206 Å². The molecule has 3 aromatic carbocycles. The third kappa shape index (κ3) is 4.94. The molecule has 4 rings (SSSR count). The predicted molar refractivity (Wildman–Crippen MR) is 142 cm³/mol. The molecule has 1 amide bonds. The van der Waals surface area contributed by atoms with Gasteiger partial charge in [-0.2, -0.15) is 0 Å². The summed E-state index contributed by atoms with van der Waals surface area (Å²) >= 11 is 0. The molecule has 0 saturated carbocycles. The van der Waals surface area contributed by atoms with Gasteiger partial charge in [0.1, 0.15) is 17.1 Å². The summed E-state index contributed by atoms with van der Waals surface area (Å²) in [7, 11) is 1.65. The van der Waals surface area contributed by atoms with Crippen LogP contribution in [0.4, 0.5) is 5.69 Å². The van der Waals surface area contributed by atoms with Crippen molar-refractivity contribution in [2.45, 2.75) is 34.6 Å². The summed E-state index contributed by atoms with van der Waals surface area (Å²) in [5.74, 6) is 1.32. The van der Waals surface area contributed by atoms with E-state index < -0.39 is 0 Å². The second-order valence-corrected chi connectivity index (χ2v) is 8.70. The lowest BCUT2D eigenvalue weighted by Crippen LogP contribution is -2.10. The van der Waals surface area contributed by atoms with Gasteiger partial charge in [0.25, 0.3) is 0 Å². The molecule has 0 bridgehead atoms. The molecule has 0 aliphatic heterocycles. The number of carbonyl (C=O) groups excluding carboxylic acids is 1. The minimum absolute atomic E-state index is 0.184. The zero-order valence-electron chi connectivity index (χ0n) is 21.1. The Kier molecular flexibility index (Phi) is 6.97. The van der Waals surface area contributed by atoms with Crippen LogP contribution in [0.5, 0.6) is 11.5 Å². The third-order valence-electron chi connectivity index (χ3n) is 6.14. The highest BCUT2D eigenvalue weighted by molar-refractivity contribution is 6.06. The SMILES string of the molecule is CCOc1c(/C(C)=C/C(=O)Nc2cc(C)ccc2C)cc2c(-c3cccc(OC)c3)coc2c1C. The second-order valence-electron chi connectivity index (χ2n) is 8.70. The van der Waals surface area contributed by atoms with E-state index >= 15 is 0 Å². The number of benzene rings is 3. The summed E-state index contributed by atoms with van der Waals surface area (Å²) in [6, 6.07) is 15.9. The second kappa shape index (κ2) is 10.1. The van der Waals surface area contributed by atoms with Crippen LogP contribution in [-0.4, -0.2) is 19.6 Å². The van der Waals surface area contributed by atoms with Crippen LogP contribution >= 0.6 is 0 Å². The molecule has 0 radical (unpaired) electrons. The van der Waals surface area contributed by atoms with E-state index in [1.807, 2.05) is 83.1 Å². The van der Waals surface area contributed by atoms with Gasteiger partial charge in [0.15, 0.2) is 0 Å². The summed E-state index contributed by atoms with van der Waals surface area (Å²) in [6.45, 7) is 10.4. The van der Waals surface area contributed by atoms with Crippen LogP contribution in [0, 0.1) is 20.8 Å². The highest BCUT2D eigenvalue weighted by atomic mass is 16.5. The van der Waals surface area contributed by atoms with E-state index in [1.54, 1.807) is 19.4 Å². The van der Waals surface area contributed by atoms with Crippen LogP contribution in [0.2, 0.25) is 0 Å². The number of hydrogen-bond acceptors (Lipinski definition) is 4. The Bertz CT molecular complexity index is 1430. The normalized spacial score (nSPS) is 11.5. The fourth-order valence-corrected chi connectivity index (χ4v) is 4.27. The topological polar surface area (TPSA) is 60.7 Å². The number of furan rings is 1. The summed E-state index contributed by atoms with van der Waals surface area (Å²) in [4.78, 5) is 12.9. The molecule has 0 spiro atoms. The zero-order valence-corrected chi connectivity index (χ0v) is 21.1. The van der Waals surface area contributed by atoms with Crippen molar-refractivity contribution in [3.8, 4) is 22.6 Å². The van der Waals surface area contributed by atoms with E-state index in [-0.39, 0.29) is 5.91 Å². The van der Waals surface area contributed by atoms with Crippen molar-refractivity contribution in [2.75, 3.05) is 19.0 Å². The summed E-state index contributed by atoms with van der Waals surface area (Å²) < 4.78 is 17.4. The lowest BCUT2D eigenvalue weighted by Gasteiger charge is -2.15. The number of amides is 1. The van der Waals surface area contributed by atoms with Gasteiger partial charge in [-0.05, 0) is 81.1 Å². The van der Waals surface area contributed by atoms with Crippen molar-refractivity contribution >= 4 is 28.1 Å². The van der Waals surface area contributed by atoms with Gasteiger partial charge in [0.2, 0.25) is 5.91 Å². The fraction of sp³-hybridized carbons (Fsp3) is 0.233. The number of ether oxygens (including phenoxy) is 2. The Morgan fingerprint density at radius 1 is 1.09 bits per heavy atom. The first-order valence-corrected chi connectivity index (χ1v) is 11.7. The number of methoxy groups -OCH3 is 1. The van der Waals surface area contributed by atoms with Gasteiger partial charge < -0.3 is 19.2 Å². The first-order chi connectivity index (χ1) is 16.8. The molecular weight excluding hydrogens is 438 g/mol. The highest BCUT2D eigenvalue weighted by Gasteiger charge is 2.19. The van der Waals surface area contributed by atoms with Crippen molar-refractivity contribution in [3.05, 3.63) is 83.1 Å². The smallest absolute Gasteiger partial charge is 0.248 e. The first kappa shape index (κ1) is 24.1. The Hall–Kier alpha value is -3.99. The van der Waals surface area contributed by atoms with E-state index in [0.29, 0.717) is 6.61 Å². The van der Waals surface area contributed by atoms with Crippen LogP contribution in [0.25, 0.3) is 27.7 Å². The lowest BCUT2D eigenvalue weighted by molar-refractivity contribution is -0.111. The lowest BCUT2D eigenvalue weighted by atomic mass is 9.96. The standard InChI is InChI=1S/C30H31NO4/c1-7-34-29-21(5)30-25(26(17-35-30)22-9-8-10-23(15-22)33-6)16-24(29)20(4)14-28(32)31-27-13-18(2)11-12-19(27)3/h8-17H,7H2,1-6H3,(H,31,32)/b20-14+. The number of hydrogen-bond donors (Lipinski definition) is 1. The van der Waals surface area contributed by atoms with E-state index in [9.17, 15) is 4.79 Å². The Balaban J connectivity index is 1.79. The number of fused-ring (bicyclic) bond motifs is 1. The maximum atomic E-state index is 12.9. The number of nitrogens with one attached hydrogen (secondary N) is 1. The molecule has 5 heteroatoms. The fourth-order valence-electron chi connectivity index (χ4n) is 4.27. The van der Waals surface area contributed by atoms with Gasteiger partial charge in [-0.25, -0.2) is 0 Å². The Morgan fingerprint density at radius 2 is 1.89 bits per heavy atom. The van der Waals surface area contributed by atoms with Crippen molar-refractivity contribution in [1.82, 2.24) is 0 Å². The highest BCUT2D eigenvalue weighted by Crippen LogP contribution is 2.41. The van der Waals surface area contributed by atoms with Crippen molar-refractivity contribution in [3.63, 3.8) is 0 Å². The van der Waals surface area contributed by atoms with Crippen molar-refractivity contribution < 1.29 is 18.7 Å². The number of rotatable bonds is 7. The van der Waals surface area contributed by atoms with E-state index in [1.165, 1.54) is 0 Å². The van der Waals surface area contributed by atoms with E-state index in [0.717, 1.165) is 67.1 Å². The monoisotopic (exact) mass is 469 g/mol. The molecule has 1 heterocycles. The summed E-state index contributed by atoms with van der Waals surface area (Å²) in [5, 5.41) is 3.97. The van der Waals surface area contributed by atoms with Gasteiger partial charge in [-0.1, -0.05) is 24.3 Å². The first-order valence-electron chi connectivity index (χ1n) is 11.7. The maximum Gasteiger partial charge on any atom is 0.248 e. The third-order valence-corrected chi connectivity index (χ3v) is 6.14. The zero-order chi connectivity index (χ0) is 25.1. The molecule has 4 aromatic rings. The van der Waals surface area contributed by atoms with Gasteiger partial charge in [0.05, 0.1) is 20.0 Å². The van der Waals surface area contributed by atoms with Crippen LogP contribution in [0.1, 0.15) is 36.1 Å². The maximum absolute atomic E-state index is 12.9. The predicted octanol–water partition coefficient (Wildman–Crippen LogP) is 7.47. The molecule has 1 N–H and O–H groups in total. The molecule has 1 aromatic heterocycles. The number of allylic oxidation sites excluding steroid dienone is 1. The van der Waals surface area contributed by atoms with Gasteiger partial charge in [0, 0.05) is 33.8 Å². The molecule has 5 nitrogen and oxygen atoms in total. The quantitative estimate of drug-likeness (QED) is 0.285. The van der Waals surface area contributed by atoms with E-state index in [4.69, 9.17) is 13.9 Å². The van der Waals surface area contributed by atoms with Crippen LogP contribution in [0.3, 0.4) is 0 Å². The molecule has 0 saturated heterocycles. The summed E-state index contributed by atoms with van der Waals surface area (Å²) in [6.07, 6.45) is 3.38. The van der Waals surface area contributed by atoms with Crippen LogP contribution in [0.15, 0.2) is 65.3 Å². The number of anilines is 1. The van der Waals surface area contributed by atoms with Gasteiger partial charge in [-0.3, -0.25) is 4.79 Å².